The quantitative estimate of drug-likeness (QED) is 0.712. The molecule has 2 unspecified atom stereocenters. The Morgan fingerprint density at radius 3 is 2.80 bits per heavy atom. The molecule has 2 rings (SSSR count). The van der Waals surface area contributed by atoms with Gasteiger partial charge in [0.2, 0.25) is 0 Å². The number of hydrogen-bond donors (Lipinski definition) is 0. The van der Waals surface area contributed by atoms with Crippen molar-refractivity contribution in [3.63, 3.8) is 0 Å². The summed E-state index contributed by atoms with van der Waals surface area (Å²) in [5.41, 5.74) is 0. The fraction of sp³-hybridized carbons (Fsp3) is 0.923. The van der Waals surface area contributed by atoms with E-state index in [1.807, 2.05) is 0 Å². The smallest absolute Gasteiger partial charge is 0.137 e. The van der Waals surface area contributed by atoms with Crippen LogP contribution in [-0.4, -0.2) is 29.8 Å². The van der Waals surface area contributed by atoms with Crippen LogP contribution in [0, 0.1) is 5.92 Å². The summed E-state index contributed by atoms with van der Waals surface area (Å²) in [5, 5.41) is 0. The summed E-state index contributed by atoms with van der Waals surface area (Å²) in [6.07, 6.45) is 8.28. The minimum absolute atomic E-state index is 0.386. The molecule has 0 amide bonds. The maximum atomic E-state index is 11.8. The van der Waals surface area contributed by atoms with E-state index in [0.717, 1.165) is 19.3 Å². The van der Waals surface area contributed by atoms with E-state index in [2.05, 4.69) is 11.8 Å². The highest BCUT2D eigenvalue weighted by Crippen LogP contribution is 2.32. The SMILES string of the molecule is CCCN1CCCCC1C1CCCC1=O. The monoisotopic (exact) mass is 209 g/mol. The van der Waals surface area contributed by atoms with Crippen LogP contribution >= 0.6 is 0 Å². The standard InChI is InChI=1S/C13H23NO/c1-2-9-14-10-4-3-7-12(14)11-6-5-8-13(11)15/h11-12H,2-10H2,1H3. The number of piperidine rings is 1. The first-order valence-electron chi connectivity index (χ1n) is 6.59. The van der Waals surface area contributed by atoms with Crippen LogP contribution in [-0.2, 0) is 4.79 Å². The van der Waals surface area contributed by atoms with Gasteiger partial charge in [-0.1, -0.05) is 13.3 Å². The van der Waals surface area contributed by atoms with Gasteiger partial charge in [0.1, 0.15) is 5.78 Å². The van der Waals surface area contributed by atoms with Gasteiger partial charge in [-0.15, -0.1) is 0 Å². The lowest BCUT2D eigenvalue weighted by Crippen LogP contribution is -2.45. The number of carbonyl (C=O) groups is 1. The van der Waals surface area contributed by atoms with Crippen LogP contribution in [0.25, 0.3) is 0 Å². The number of hydrogen-bond acceptors (Lipinski definition) is 2. The maximum Gasteiger partial charge on any atom is 0.137 e. The first-order chi connectivity index (χ1) is 7.33. The van der Waals surface area contributed by atoms with Gasteiger partial charge >= 0.3 is 0 Å². The first-order valence-corrected chi connectivity index (χ1v) is 6.59. The largest absolute Gasteiger partial charge is 0.300 e. The predicted octanol–water partition coefficient (Wildman–Crippen LogP) is 2.62. The van der Waals surface area contributed by atoms with Crippen molar-refractivity contribution in [2.45, 2.75) is 57.9 Å². The summed E-state index contributed by atoms with van der Waals surface area (Å²) in [6, 6.07) is 0.591. The fourth-order valence-corrected chi connectivity index (χ4v) is 3.29. The summed E-state index contributed by atoms with van der Waals surface area (Å²) in [7, 11) is 0. The highest BCUT2D eigenvalue weighted by atomic mass is 16.1. The number of Topliss-reactive ketones (excluding diaryl/α,β-unsaturated/α-hetero) is 1. The molecule has 86 valence electrons. The molecule has 1 aliphatic carbocycles. The van der Waals surface area contributed by atoms with Crippen molar-refractivity contribution in [2.75, 3.05) is 13.1 Å². The van der Waals surface area contributed by atoms with Crippen LogP contribution in [0.15, 0.2) is 0 Å². The second-order valence-electron chi connectivity index (χ2n) is 5.06. The lowest BCUT2D eigenvalue weighted by molar-refractivity contribution is -0.123. The van der Waals surface area contributed by atoms with E-state index in [9.17, 15) is 4.79 Å². The van der Waals surface area contributed by atoms with Crippen molar-refractivity contribution in [1.29, 1.82) is 0 Å². The number of ketones is 1. The molecule has 15 heavy (non-hydrogen) atoms. The van der Waals surface area contributed by atoms with Gasteiger partial charge in [0.05, 0.1) is 0 Å². The van der Waals surface area contributed by atoms with E-state index in [0.29, 0.717) is 17.7 Å². The van der Waals surface area contributed by atoms with Gasteiger partial charge in [0, 0.05) is 18.4 Å². The average molecular weight is 209 g/mol. The molecule has 1 aliphatic heterocycles. The van der Waals surface area contributed by atoms with Crippen molar-refractivity contribution in [3.8, 4) is 0 Å². The highest BCUT2D eigenvalue weighted by molar-refractivity contribution is 5.83. The van der Waals surface area contributed by atoms with Crippen LogP contribution in [0.2, 0.25) is 0 Å². The van der Waals surface area contributed by atoms with Gasteiger partial charge in [-0.25, -0.2) is 0 Å². The van der Waals surface area contributed by atoms with Gasteiger partial charge in [-0.2, -0.15) is 0 Å². The third kappa shape index (κ3) is 2.41. The summed E-state index contributed by atoms with van der Waals surface area (Å²) >= 11 is 0. The average Bonchev–Trinajstić information content (AvgIpc) is 2.66. The Morgan fingerprint density at radius 1 is 1.27 bits per heavy atom. The Balaban J connectivity index is 2.00. The minimum atomic E-state index is 0.386. The summed E-state index contributed by atoms with van der Waals surface area (Å²) in [4.78, 5) is 14.4. The molecular weight excluding hydrogens is 186 g/mol. The summed E-state index contributed by atoms with van der Waals surface area (Å²) in [5.74, 6) is 0.930. The van der Waals surface area contributed by atoms with E-state index in [-0.39, 0.29) is 0 Å². The Kier molecular flexibility index (Phi) is 3.79. The van der Waals surface area contributed by atoms with Crippen LogP contribution in [0.5, 0.6) is 0 Å². The zero-order chi connectivity index (χ0) is 10.7. The molecule has 2 heteroatoms. The van der Waals surface area contributed by atoms with E-state index >= 15 is 0 Å². The molecule has 1 heterocycles. The van der Waals surface area contributed by atoms with Crippen LogP contribution in [0.4, 0.5) is 0 Å². The molecular formula is C13H23NO. The van der Waals surface area contributed by atoms with Gasteiger partial charge in [-0.05, 0) is 45.2 Å². The van der Waals surface area contributed by atoms with Gasteiger partial charge < -0.3 is 0 Å². The van der Waals surface area contributed by atoms with E-state index in [4.69, 9.17) is 0 Å². The zero-order valence-corrected chi connectivity index (χ0v) is 9.87. The van der Waals surface area contributed by atoms with Crippen molar-refractivity contribution >= 4 is 5.78 Å². The molecule has 0 aromatic rings. The molecule has 1 saturated carbocycles. The first kappa shape index (κ1) is 11.1. The molecule has 0 spiro atoms. The normalized spacial score (nSPS) is 33.5. The second kappa shape index (κ2) is 5.11. The van der Waals surface area contributed by atoms with E-state index in [1.165, 1.54) is 38.8 Å². The maximum absolute atomic E-state index is 11.8. The summed E-state index contributed by atoms with van der Waals surface area (Å²) in [6.45, 7) is 4.65. The van der Waals surface area contributed by atoms with Gasteiger partial charge in [-0.3, -0.25) is 9.69 Å². The van der Waals surface area contributed by atoms with Crippen LogP contribution in [0.3, 0.4) is 0 Å². The Hall–Kier alpha value is -0.370. The molecule has 0 N–H and O–H groups in total. The van der Waals surface area contributed by atoms with E-state index < -0.39 is 0 Å². The van der Waals surface area contributed by atoms with Crippen molar-refractivity contribution < 1.29 is 4.79 Å². The van der Waals surface area contributed by atoms with E-state index in [1.54, 1.807) is 0 Å². The summed E-state index contributed by atoms with van der Waals surface area (Å²) < 4.78 is 0. The highest BCUT2D eigenvalue weighted by Gasteiger charge is 2.36. The van der Waals surface area contributed by atoms with Crippen molar-refractivity contribution in [1.82, 2.24) is 4.90 Å². The number of rotatable bonds is 3. The molecule has 2 atom stereocenters. The minimum Gasteiger partial charge on any atom is -0.300 e. The molecule has 0 aromatic carbocycles. The molecule has 2 aliphatic rings. The Bertz CT molecular complexity index is 225. The molecule has 0 radical (unpaired) electrons. The van der Waals surface area contributed by atoms with Crippen LogP contribution < -0.4 is 0 Å². The molecule has 2 nitrogen and oxygen atoms in total. The topological polar surface area (TPSA) is 20.3 Å². The lowest BCUT2D eigenvalue weighted by atomic mass is 9.88. The van der Waals surface area contributed by atoms with Gasteiger partial charge in [0.25, 0.3) is 0 Å². The second-order valence-corrected chi connectivity index (χ2v) is 5.06. The van der Waals surface area contributed by atoms with Crippen molar-refractivity contribution in [3.05, 3.63) is 0 Å². The number of likely N-dealkylation sites (tertiary alicyclic amines) is 1. The third-order valence-electron chi connectivity index (χ3n) is 3.99. The number of nitrogens with zero attached hydrogens (tertiary/aromatic N) is 1. The molecule has 2 fully saturated rings. The number of carbonyl (C=O) groups excluding carboxylic acids is 1. The lowest BCUT2D eigenvalue weighted by Gasteiger charge is -2.38. The van der Waals surface area contributed by atoms with Crippen LogP contribution in [0.1, 0.15) is 51.9 Å². The Morgan fingerprint density at radius 2 is 2.13 bits per heavy atom. The zero-order valence-electron chi connectivity index (χ0n) is 9.87. The fourth-order valence-electron chi connectivity index (χ4n) is 3.29. The Labute approximate surface area is 93.0 Å². The van der Waals surface area contributed by atoms with Gasteiger partial charge in [0.15, 0.2) is 0 Å². The third-order valence-corrected chi connectivity index (χ3v) is 3.99. The molecule has 1 saturated heterocycles. The predicted molar refractivity (Wildman–Crippen MR) is 61.9 cm³/mol. The van der Waals surface area contributed by atoms with Crippen molar-refractivity contribution in [2.24, 2.45) is 5.92 Å². The molecule has 0 bridgehead atoms. The molecule has 0 aromatic heterocycles.